The molecule has 1 aliphatic heterocycles. The highest BCUT2D eigenvalue weighted by atomic mass is 32.1. The van der Waals surface area contributed by atoms with Gasteiger partial charge in [0.25, 0.3) is 0 Å². The number of hydrogen-bond acceptors (Lipinski definition) is 5. The molecule has 0 radical (unpaired) electrons. The van der Waals surface area contributed by atoms with E-state index in [1.807, 2.05) is 11.3 Å². The third-order valence-electron chi connectivity index (χ3n) is 3.82. The first-order chi connectivity index (χ1) is 10.1. The fourth-order valence-corrected chi connectivity index (χ4v) is 3.67. The first-order valence-corrected chi connectivity index (χ1v) is 8.95. The molecule has 1 N–H and O–H groups in total. The van der Waals surface area contributed by atoms with Crippen molar-refractivity contribution in [2.24, 2.45) is 5.92 Å². The lowest BCUT2D eigenvalue weighted by Crippen LogP contribution is -2.31. The van der Waals surface area contributed by atoms with Gasteiger partial charge in [0, 0.05) is 31.1 Å². The molecule has 0 aromatic carbocycles. The second-order valence-electron chi connectivity index (χ2n) is 6.20. The number of nitrogens with one attached hydrogen (secondary N) is 1. The average molecular weight is 311 g/mol. The number of rotatable bonds is 8. The summed E-state index contributed by atoms with van der Waals surface area (Å²) in [5, 5.41) is 4.66. The standard InChI is InChI=1S/C16H29N3OS/c1-5-19(11-14-7-6-8-20-14)16-18-13(4)15(21-16)10-17-9-12(2)3/h12,14,17H,5-11H2,1-4H3. The van der Waals surface area contributed by atoms with Gasteiger partial charge >= 0.3 is 0 Å². The number of aromatic nitrogens is 1. The first-order valence-electron chi connectivity index (χ1n) is 8.13. The molecule has 1 unspecified atom stereocenters. The monoisotopic (exact) mass is 311 g/mol. The molecule has 1 aromatic heterocycles. The Morgan fingerprint density at radius 3 is 2.90 bits per heavy atom. The highest BCUT2D eigenvalue weighted by molar-refractivity contribution is 7.15. The Balaban J connectivity index is 1.94. The van der Waals surface area contributed by atoms with Crippen molar-refractivity contribution in [3.63, 3.8) is 0 Å². The van der Waals surface area contributed by atoms with Gasteiger partial charge in [-0.1, -0.05) is 13.8 Å². The second-order valence-corrected chi connectivity index (χ2v) is 7.27. The molecule has 120 valence electrons. The lowest BCUT2D eigenvalue weighted by Gasteiger charge is -2.23. The fraction of sp³-hybridized carbons (Fsp3) is 0.812. The molecule has 0 spiro atoms. The molecule has 1 atom stereocenters. The average Bonchev–Trinajstić information content (AvgIpc) is 3.06. The maximum Gasteiger partial charge on any atom is 0.185 e. The van der Waals surface area contributed by atoms with Gasteiger partial charge in [-0.3, -0.25) is 0 Å². The van der Waals surface area contributed by atoms with Gasteiger partial charge in [-0.25, -0.2) is 4.98 Å². The van der Waals surface area contributed by atoms with Crippen molar-refractivity contribution in [1.82, 2.24) is 10.3 Å². The van der Waals surface area contributed by atoms with Crippen LogP contribution in [0.25, 0.3) is 0 Å². The Labute approximate surface area is 132 Å². The Hall–Kier alpha value is -0.650. The zero-order chi connectivity index (χ0) is 15.2. The van der Waals surface area contributed by atoms with Crippen molar-refractivity contribution >= 4 is 16.5 Å². The van der Waals surface area contributed by atoms with Gasteiger partial charge in [0.1, 0.15) is 0 Å². The van der Waals surface area contributed by atoms with Gasteiger partial charge in [0.2, 0.25) is 0 Å². The highest BCUT2D eigenvalue weighted by Gasteiger charge is 2.21. The summed E-state index contributed by atoms with van der Waals surface area (Å²) >= 11 is 1.82. The van der Waals surface area contributed by atoms with Crippen LogP contribution < -0.4 is 10.2 Å². The number of thiazole rings is 1. The van der Waals surface area contributed by atoms with E-state index >= 15 is 0 Å². The van der Waals surface area contributed by atoms with Crippen molar-refractivity contribution < 1.29 is 4.74 Å². The summed E-state index contributed by atoms with van der Waals surface area (Å²) in [6.07, 6.45) is 2.77. The summed E-state index contributed by atoms with van der Waals surface area (Å²) in [7, 11) is 0. The number of ether oxygens (including phenoxy) is 1. The number of anilines is 1. The predicted octanol–water partition coefficient (Wildman–Crippen LogP) is 3.20. The maximum absolute atomic E-state index is 5.76. The van der Waals surface area contributed by atoms with Gasteiger partial charge < -0.3 is 15.0 Å². The summed E-state index contributed by atoms with van der Waals surface area (Å²) < 4.78 is 5.76. The van der Waals surface area contributed by atoms with E-state index in [2.05, 4.69) is 37.9 Å². The number of hydrogen-bond donors (Lipinski definition) is 1. The summed E-state index contributed by atoms with van der Waals surface area (Å²) in [6.45, 7) is 13.7. The van der Waals surface area contributed by atoms with Crippen molar-refractivity contribution in [3.8, 4) is 0 Å². The largest absolute Gasteiger partial charge is 0.376 e. The van der Waals surface area contributed by atoms with Crippen LogP contribution in [0.3, 0.4) is 0 Å². The Morgan fingerprint density at radius 1 is 1.48 bits per heavy atom. The van der Waals surface area contributed by atoms with Crippen LogP contribution in [-0.2, 0) is 11.3 Å². The Morgan fingerprint density at radius 2 is 2.29 bits per heavy atom. The van der Waals surface area contributed by atoms with Crippen LogP contribution in [-0.4, -0.2) is 37.3 Å². The fourth-order valence-electron chi connectivity index (χ4n) is 2.56. The van der Waals surface area contributed by atoms with E-state index in [4.69, 9.17) is 9.72 Å². The minimum Gasteiger partial charge on any atom is -0.376 e. The second kappa shape index (κ2) is 8.11. The van der Waals surface area contributed by atoms with Crippen LogP contribution in [0.15, 0.2) is 0 Å². The van der Waals surface area contributed by atoms with E-state index in [0.717, 1.165) is 43.6 Å². The molecular formula is C16H29N3OS. The molecular weight excluding hydrogens is 282 g/mol. The predicted molar refractivity (Wildman–Crippen MR) is 90.3 cm³/mol. The van der Waals surface area contributed by atoms with E-state index in [0.29, 0.717) is 12.0 Å². The SMILES string of the molecule is CCN(CC1CCCO1)c1nc(C)c(CNCC(C)C)s1. The third-order valence-corrected chi connectivity index (χ3v) is 5.04. The van der Waals surface area contributed by atoms with Gasteiger partial charge in [-0.05, 0) is 39.2 Å². The van der Waals surface area contributed by atoms with Crippen molar-refractivity contribution in [2.45, 2.75) is 53.2 Å². The third kappa shape index (κ3) is 4.94. The summed E-state index contributed by atoms with van der Waals surface area (Å²) in [6, 6.07) is 0. The van der Waals surface area contributed by atoms with Gasteiger partial charge in [-0.15, -0.1) is 11.3 Å². The number of aryl methyl sites for hydroxylation is 1. The normalized spacial score (nSPS) is 18.6. The Bertz CT molecular complexity index is 427. The van der Waals surface area contributed by atoms with Crippen LogP contribution in [0.4, 0.5) is 5.13 Å². The van der Waals surface area contributed by atoms with E-state index in [1.165, 1.54) is 17.7 Å². The zero-order valence-electron chi connectivity index (χ0n) is 13.8. The van der Waals surface area contributed by atoms with E-state index in [1.54, 1.807) is 0 Å². The van der Waals surface area contributed by atoms with Crippen molar-refractivity contribution in [3.05, 3.63) is 10.6 Å². The van der Waals surface area contributed by atoms with E-state index in [-0.39, 0.29) is 0 Å². The van der Waals surface area contributed by atoms with E-state index in [9.17, 15) is 0 Å². The van der Waals surface area contributed by atoms with Crippen molar-refractivity contribution in [1.29, 1.82) is 0 Å². The van der Waals surface area contributed by atoms with Crippen LogP contribution >= 0.6 is 11.3 Å². The molecule has 1 fully saturated rings. The molecule has 1 aliphatic rings. The molecule has 0 amide bonds. The summed E-state index contributed by atoms with van der Waals surface area (Å²) in [4.78, 5) is 8.49. The molecule has 0 saturated carbocycles. The lowest BCUT2D eigenvalue weighted by atomic mass is 10.2. The molecule has 0 bridgehead atoms. The first kappa shape index (κ1) is 16.7. The van der Waals surface area contributed by atoms with Gasteiger partial charge in [-0.2, -0.15) is 0 Å². The van der Waals surface area contributed by atoms with Crippen LogP contribution in [0, 0.1) is 12.8 Å². The smallest absolute Gasteiger partial charge is 0.185 e. The molecule has 5 heteroatoms. The molecule has 0 aliphatic carbocycles. The minimum absolute atomic E-state index is 0.386. The highest BCUT2D eigenvalue weighted by Crippen LogP contribution is 2.27. The Kier molecular flexibility index (Phi) is 6.45. The lowest BCUT2D eigenvalue weighted by molar-refractivity contribution is 0.115. The number of likely N-dealkylation sites (N-methyl/N-ethyl adjacent to an activating group) is 1. The summed E-state index contributed by atoms with van der Waals surface area (Å²) in [5.74, 6) is 0.685. The summed E-state index contributed by atoms with van der Waals surface area (Å²) in [5.41, 5.74) is 1.16. The van der Waals surface area contributed by atoms with E-state index < -0.39 is 0 Å². The van der Waals surface area contributed by atoms with Crippen LogP contribution in [0.2, 0.25) is 0 Å². The molecule has 1 aromatic rings. The van der Waals surface area contributed by atoms with Crippen LogP contribution in [0.1, 0.15) is 44.2 Å². The minimum atomic E-state index is 0.386. The van der Waals surface area contributed by atoms with Crippen molar-refractivity contribution in [2.75, 3.05) is 31.1 Å². The molecule has 4 nitrogen and oxygen atoms in total. The molecule has 2 heterocycles. The van der Waals surface area contributed by atoms with Gasteiger partial charge in [0.05, 0.1) is 11.8 Å². The molecule has 21 heavy (non-hydrogen) atoms. The molecule has 1 saturated heterocycles. The number of nitrogens with zero attached hydrogens (tertiary/aromatic N) is 2. The topological polar surface area (TPSA) is 37.4 Å². The zero-order valence-corrected chi connectivity index (χ0v) is 14.6. The quantitative estimate of drug-likeness (QED) is 0.800. The van der Waals surface area contributed by atoms with Gasteiger partial charge in [0.15, 0.2) is 5.13 Å². The molecule has 2 rings (SSSR count). The van der Waals surface area contributed by atoms with Crippen LogP contribution in [0.5, 0.6) is 0 Å². The maximum atomic E-state index is 5.76.